The Kier molecular flexibility index (Phi) is 13.8. The summed E-state index contributed by atoms with van der Waals surface area (Å²) in [7, 11) is 0. The smallest absolute Gasteiger partial charge is 0.421 e. The van der Waals surface area contributed by atoms with Crippen LogP contribution in [0.2, 0.25) is 0 Å². The maximum atomic E-state index is 16.8. The van der Waals surface area contributed by atoms with Gasteiger partial charge in [0.15, 0.2) is 0 Å². The minimum atomic E-state index is -2.07. The molecule has 0 saturated carbocycles. The zero-order chi connectivity index (χ0) is 52.3. The van der Waals surface area contributed by atoms with Crippen molar-refractivity contribution in [2.45, 2.75) is 61.9 Å². The quantitative estimate of drug-likeness (QED) is 0.0568. The number of esters is 1. The molecule has 4 aliphatic heterocycles. The third kappa shape index (κ3) is 9.09. The zero-order valence-electron chi connectivity index (χ0n) is 41.4. The SMILES string of the molecule is O=C1O[C@H](c2ccccc2)[C@H](c2ccccc2)N2[C@H]1[C@@H](C(=O)N1CCN(c3ncccn3)CC1)[C@]1(C(=O)N(C(=O)OCc3ccc([N+](=O)[O-])cc3)c3ccc(C#CC4=CCCCC4)cc31)[C@H]2c1ccc(OCCO)cc1. The molecule has 0 unspecified atom stereocenters. The Morgan fingerprint density at radius 3 is 2.18 bits per heavy atom. The number of hydrogen-bond donors (Lipinski definition) is 1. The number of nitro groups is 1. The average Bonchev–Trinajstić information content (AvgIpc) is 3.99. The van der Waals surface area contributed by atoms with Crippen LogP contribution in [0.5, 0.6) is 5.75 Å². The molecule has 3 fully saturated rings. The number of carbonyl (C=O) groups excluding carboxylic acids is 4. The van der Waals surface area contributed by atoms with E-state index in [4.69, 9.17) is 14.2 Å². The lowest BCUT2D eigenvalue weighted by atomic mass is 9.64. The van der Waals surface area contributed by atoms with Crippen LogP contribution in [-0.4, -0.2) is 99.1 Å². The molecule has 11 rings (SSSR count). The van der Waals surface area contributed by atoms with Crippen molar-refractivity contribution in [3.63, 3.8) is 0 Å². The number of anilines is 2. The van der Waals surface area contributed by atoms with Crippen LogP contribution in [0.3, 0.4) is 0 Å². The fraction of sp³-hybridized carbons (Fsp3) is 0.288. The van der Waals surface area contributed by atoms with Gasteiger partial charge in [-0.05, 0) is 108 Å². The average molecular weight is 1020 g/mol. The molecule has 5 heterocycles. The van der Waals surface area contributed by atoms with Crippen molar-refractivity contribution in [3.05, 3.63) is 201 Å². The molecule has 384 valence electrons. The molecule has 5 aromatic carbocycles. The van der Waals surface area contributed by atoms with E-state index in [1.807, 2.05) is 70.5 Å². The summed E-state index contributed by atoms with van der Waals surface area (Å²) in [5, 5.41) is 21.2. The van der Waals surface area contributed by atoms with Gasteiger partial charge in [0.05, 0.1) is 35.2 Å². The Balaban J connectivity index is 1.14. The van der Waals surface area contributed by atoms with Gasteiger partial charge in [-0.1, -0.05) is 90.7 Å². The molecule has 0 radical (unpaired) electrons. The number of imide groups is 1. The highest BCUT2D eigenvalue weighted by Crippen LogP contribution is 2.66. The van der Waals surface area contributed by atoms with Gasteiger partial charge in [0.25, 0.3) is 5.69 Å². The Morgan fingerprint density at radius 1 is 0.803 bits per heavy atom. The number of cyclic esters (lactones) is 1. The molecule has 0 bridgehead atoms. The van der Waals surface area contributed by atoms with E-state index in [2.05, 4.69) is 27.9 Å². The van der Waals surface area contributed by atoms with Gasteiger partial charge in [0.2, 0.25) is 17.8 Å². The normalized spacial score (nSPS) is 22.9. The molecular formula is C59H53N7O10. The Morgan fingerprint density at radius 2 is 1.51 bits per heavy atom. The number of piperazine rings is 1. The van der Waals surface area contributed by atoms with Gasteiger partial charge in [0, 0.05) is 56.3 Å². The van der Waals surface area contributed by atoms with Crippen LogP contribution in [0.1, 0.15) is 77.3 Å². The van der Waals surface area contributed by atoms with E-state index in [-0.39, 0.29) is 44.3 Å². The molecule has 6 aromatic rings. The third-order valence-corrected chi connectivity index (χ3v) is 15.1. The van der Waals surface area contributed by atoms with Crippen LogP contribution in [0.25, 0.3) is 0 Å². The van der Waals surface area contributed by atoms with E-state index >= 15 is 19.2 Å². The van der Waals surface area contributed by atoms with E-state index in [9.17, 15) is 15.2 Å². The summed E-state index contributed by atoms with van der Waals surface area (Å²) in [6.07, 6.45) is 7.23. The second-order valence-corrected chi connectivity index (χ2v) is 19.3. The van der Waals surface area contributed by atoms with E-state index in [1.54, 1.807) is 65.8 Å². The number of allylic oxidation sites excluding steroid dienone is 2. The van der Waals surface area contributed by atoms with Gasteiger partial charge < -0.3 is 29.1 Å². The maximum Gasteiger partial charge on any atom is 0.421 e. The summed E-state index contributed by atoms with van der Waals surface area (Å²) in [6, 6.07) is 34.9. The predicted molar refractivity (Wildman–Crippen MR) is 278 cm³/mol. The fourth-order valence-corrected chi connectivity index (χ4v) is 11.7. The van der Waals surface area contributed by atoms with E-state index in [0.717, 1.165) is 41.7 Å². The summed E-state index contributed by atoms with van der Waals surface area (Å²) in [4.78, 5) is 90.4. The zero-order valence-corrected chi connectivity index (χ0v) is 41.4. The first kappa shape index (κ1) is 49.5. The number of hydrogen-bond acceptors (Lipinski definition) is 14. The minimum Gasteiger partial charge on any atom is -0.491 e. The number of aromatic nitrogens is 2. The number of aliphatic hydroxyl groups excluding tert-OH is 1. The van der Waals surface area contributed by atoms with Gasteiger partial charge in [0.1, 0.15) is 36.5 Å². The predicted octanol–water partition coefficient (Wildman–Crippen LogP) is 7.96. The van der Waals surface area contributed by atoms with Gasteiger partial charge in [-0.15, -0.1) is 0 Å². The van der Waals surface area contributed by atoms with E-state index in [1.165, 1.54) is 24.3 Å². The van der Waals surface area contributed by atoms with Crippen LogP contribution < -0.4 is 14.5 Å². The molecule has 1 spiro atoms. The monoisotopic (exact) mass is 1020 g/mol. The van der Waals surface area contributed by atoms with Gasteiger partial charge in [-0.2, -0.15) is 0 Å². The molecule has 3 saturated heterocycles. The lowest BCUT2D eigenvalue weighted by molar-refractivity contribution is -0.384. The van der Waals surface area contributed by atoms with Crippen molar-refractivity contribution in [1.29, 1.82) is 0 Å². The van der Waals surface area contributed by atoms with Gasteiger partial charge >= 0.3 is 12.1 Å². The van der Waals surface area contributed by atoms with Crippen molar-refractivity contribution >= 4 is 41.2 Å². The highest BCUT2D eigenvalue weighted by atomic mass is 16.6. The van der Waals surface area contributed by atoms with Crippen LogP contribution in [-0.2, 0) is 35.9 Å². The molecule has 17 nitrogen and oxygen atoms in total. The van der Waals surface area contributed by atoms with Crippen LogP contribution in [0, 0.1) is 27.9 Å². The summed E-state index contributed by atoms with van der Waals surface area (Å²) < 4.78 is 18.5. The minimum absolute atomic E-state index is 0.0192. The van der Waals surface area contributed by atoms with Crippen molar-refractivity contribution in [2.24, 2.45) is 5.92 Å². The molecule has 6 atom stereocenters. The van der Waals surface area contributed by atoms with Crippen molar-refractivity contribution in [3.8, 4) is 17.6 Å². The third-order valence-electron chi connectivity index (χ3n) is 15.1. The second-order valence-electron chi connectivity index (χ2n) is 19.3. The number of carbonyl (C=O) groups is 4. The van der Waals surface area contributed by atoms with Gasteiger partial charge in [-0.3, -0.25) is 29.4 Å². The van der Waals surface area contributed by atoms with Crippen LogP contribution in [0.15, 0.2) is 158 Å². The Bertz CT molecular complexity index is 3250. The topological polar surface area (TPSA) is 198 Å². The number of fused-ring (bicyclic) bond motifs is 3. The largest absolute Gasteiger partial charge is 0.491 e. The van der Waals surface area contributed by atoms with Crippen LogP contribution >= 0.6 is 0 Å². The second kappa shape index (κ2) is 21.3. The molecule has 5 aliphatic rings. The van der Waals surface area contributed by atoms with Crippen molar-refractivity contribution in [2.75, 3.05) is 49.2 Å². The number of benzene rings is 5. The fourth-order valence-electron chi connectivity index (χ4n) is 11.7. The first-order valence-corrected chi connectivity index (χ1v) is 25.5. The number of aliphatic hydroxyl groups is 1. The maximum absolute atomic E-state index is 16.8. The Labute approximate surface area is 438 Å². The number of morpholine rings is 1. The standard InChI is InChI=1S/C59H53N7O10/c67-35-36-74-46-26-22-44(23-27-46)53-59(47-37-40(18-17-39-11-4-1-5-12-39)21-28-48(47)64(56(59)70)58(71)75-38-41-19-24-45(25-20-41)66(72)73)49(54(68)62-31-33-63(34-32-62)57-60-29-10-30-61-57)51-55(69)76-52(43-15-8-3-9-16-43)50(65(51)53)42-13-6-2-7-14-42/h2-3,6-11,13-16,19-30,37,49-53,67H,1,4-5,12,31-36,38H2/t49-,50-,51-,52+,53+,59-/m0/s1. The number of nitrogens with zero attached hydrogens (tertiary/aromatic N) is 7. The molecule has 17 heteroatoms. The summed E-state index contributed by atoms with van der Waals surface area (Å²) in [5.74, 6) is 4.07. The lowest BCUT2D eigenvalue weighted by Gasteiger charge is -2.46. The molecule has 1 N–H and O–H groups in total. The first-order valence-electron chi connectivity index (χ1n) is 25.5. The van der Waals surface area contributed by atoms with Crippen molar-refractivity contribution in [1.82, 2.24) is 19.8 Å². The molecule has 1 aliphatic carbocycles. The summed E-state index contributed by atoms with van der Waals surface area (Å²) in [5.41, 5.74) is 2.09. The number of amides is 3. The van der Waals surface area contributed by atoms with E-state index < -0.39 is 64.4 Å². The van der Waals surface area contributed by atoms with Crippen molar-refractivity contribution < 1.29 is 43.4 Å². The summed E-state index contributed by atoms with van der Waals surface area (Å²) >= 11 is 0. The van der Waals surface area contributed by atoms with Gasteiger partial charge in [-0.25, -0.2) is 19.7 Å². The molecular weight excluding hydrogens is 967 g/mol. The molecule has 76 heavy (non-hydrogen) atoms. The number of nitro benzene ring substituents is 1. The van der Waals surface area contributed by atoms with Crippen LogP contribution in [0.4, 0.5) is 22.1 Å². The first-order chi connectivity index (χ1) is 37.1. The highest BCUT2D eigenvalue weighted by molar-refractivity contribution is 6.23. The Hall–Kier alpha value is -8.72. The summed E-state index contributed by atoms with van der Waals surface area (Å²) in [6.45, 7) is 0.493. The lowest BCUT2D eigenvalue weighted by Crippen LogP contribution is -2.59. The molecule has 1 aromatic heterocycles. The highest BCUT2D eigenvalue weighted by Gasteiger charge is 2.76. The number of ether oxygens (including phenoxy) is 3. The van der Waals surface area contributed by atoms with E-state index in [0.29, 0.717) is 52.6 Å². The molecule has 3 amide bonds. The number of rotatable bonds is 11. The number of non-ortho nitro benzene ring substituents is 1.